The predicted molar refractivity (Wildman–Crippen MR) is 66.3 cm³/mol. The van der Waals surface area contributed by atoms with E-state index in [0.717, 1.165) is 19.3 Å². The Morgan fingerprint density at radius 3 is 2.22 bits per heavy atom. The number of urea groups is 1. The fraction of sp³-hybridized carbons (Fsp3) is 0.833. The van der Waals surface area contributed by atoms with Crippen LogP contribution in [-0.4, -0.2) is 63.8 Å². The minimum absolute atomic E-state index is 0.108. The number of carbonyl (C=O) groups is 2. The van der Waals surface area contributed by atoms with Crippen molar-refractivity contribution in [3.05, 3.63) is 0 Å². The Morgan fingerprint density at radius 1 is 1.33 bits per heavy atom. The lowest BCUT2D eigenvalue weighted by Crippen LogP contribution is -2.58. The maximum absolute atomic E-state index is 12.3. The highest BCUT2D eigenvalue weighted by molar-refractivity contribution is 5.85. The van der Waals surface area contributed by atoms with E-state index in [1.165, 1.54) is 25.8 Å². The van der Waals surface area contributed by atoms with Gasteiger partial charge in [0.05, 0.1) is 6.61 Å². The van der Waals surface area contributed by atoms with Gasteiger partial charge < -0.3 is 20.0 Å². The van der Waals surface area contributed by atoms with E-state index >= 15 is 0 Å². The number of carboxylic acids is 1. The number of rotatable bonds is 5. The molecule has 0 spiro atoms. The highest BCUT2D eigenvalue weighted by atomic mass is 16.4. The second-order valence-electron chi connectivity index (χ2n) is 5.21. The number of aliphatic hydroxyl groups is 1. The summed E-state index contributed by atoms with van der Waals surface area (Å²) < 4.78 is 0. The van der Waals surface area contributed by atoms with Crippen molar-refractivity contribution in [2.24, 2.45) is 0 Å². The quantitative estimate of drug-likeness (QED) is 0.762. The van der Waals surface area contributed by atoms with Crippen LogP contribution in [0.3, 0.4) is 0 Å². The van der Waals surface area contributed by atoms with Crippen molar-refractivity contribution < 1.29 is 19.8 Å². The number of hydrogen-bond donors (Lipinski definition) is 2. The molecule has 0 radical (unpaired) electrons. The first-order chi connectivity index (χ1) is 8.32. The number of carboxylic acid groups (broad SMARTS) is 1. The van der Waals surface area contributed by atoms with E-state index < -0.39 is 11.5 Å². The van der Waals surface area contributed by atoms with E-state index in [-0.39, 0.29) is 25.2 Å². The zero-order valence-electron chi connectivity index (χ0n) is 11.2. The third-order valence-corrected chi connectivity index (χ3v) is 3.75. The zero-order valence-corrected chi connectivity index (χ0v) is 11.2. The summed E-state index contributed by atoms with van der Waals surface area (Å²) in [7, 11) is 1.49. The van der Waals surface area contributed by atoms with Gasteiger partial charge >= 0.3 is 12.0 Å². The van der Waals surface area contributed by atoms with Crippen LogP contribution in [0.4, 0.5) is 4.79 Å². The first-order valence-electron chi connectivity index (χ1n) is 6.21. The second kappa shape index (κ2) is 5.56. The minimum atomic E-state index is -1.26. The van der Waals surface area contributed by atoms with Crippen molar-refractivity contribution in [2.45, 2.75) is 44.7 Å². The number of carbonyl (C=O) groups excluding carboxylic acids is 1. The van der Waals surface area contributed by atoms with Gasteiger partial charge in [0.1, 0.15) is 5.54 Å². The molecule has 0 heterocycles. The van der Waals surface area contributed by atoms with Crippen LogP contribution in [0.1, 0.15) is 33.1 Å². The molecule has 1 rings (SSSR count). The minimum Gasteiger partial charge on any atom is -0.480 e. The number of amides is 2. The topological polar surface area (TPSA) is 81.1 Å². The van der Waals surface area contributed by atoms with Crippen LogP contribution in [0.2, 0.25) is 0 Å². The largest absolute Gasteiger partial charge is 0.480 e. The van der Waals surface area contributed by atoms with Gasteiger partial charge in [-0.15, -0.1) is 0 Å². The Hall–Kier alpha value is -1.30. The van der Waals surface area contributed by atoms with Gasteiger partial charge in [0.2, 0.25) is 0 Å². The molecule has 18 heavy (non-hydrogen) atoms. The molecule has 0 saturated heterocycles. The van der Waals surface area contributed by atoms with E-state index in [4.69, 9.17) is 10.2 Å². The standard InChI is InChI=1S/C12H22N2O4/c1-12(2,10(16)17)13(3)11(18)14(7-8-15)9-5-4-6-9/h9,15H,4-8H2,1-3H3,(H,16,17). The maximum Gasteiger partial charge on any atom is 0.329 e. The van der Waals surface area contributed by atoms with Crippen molar-refractivity contribution in [1.82, 2.24) is 9.80 Å². The molecular weight excluding hydrogens is 236 g/mol. The smallest absolute Gasteiger partial charge is 0.329 e. The lowest BCUT2D eigenvalue weighted by Gasteiger charge is -2.42. The molecule has 1 aliphatic carbocycles. The van der Waals surface area contributed by atoms with Crippen LogP contribution >= 0.6 is 0 Å². The lowest BCUT2D eigenvalue weighted by molar-refractivity contribution is -0.147. The average Bonchev–Trinajstić information content (AvgIpc) is 2.23. The summed E-state index contributed by atoms with van der Waals surface area (Å²) in [6, 6.07) is -0.196. The molecule has 6 heteroatoms. The van der Waals surface area contributed by atoms with E-state index in [9.17, 15) is 9.59 Å². The third kappa shape index (κ3) is 2.75. The second-order valence-corrected chi connectivity index (χ2v) is 5.21. The fourth-order valence-electron chi connectivity index (χ4n) is 1.82. The van der Waals surface area contributed by atoms with Crippen LogP contribution < -0.4 is 0 Å². The van der Waals surface area contributed by atoms with E-state index in [2.05, 4.69) is 0 Å². The Balaban J connectivity index is 2.78. The van der Waals surface area contributed by atoms with Gasteiger partial charge in [0, 0.05) is 19.6 Å². The van der Waals surface area contributed by atoms with Crippen molar-refractivity contribution in [3.8, 4) is 0 Å². The Kier molecular flexibility index (Phi) is 4.56. The monoisotopic (exact) mass is 258 g/mol. The van der Waals surface area contributed by atoms with Gasteiger partial charge in [-0.3, -0.25) is 0 Å². The van der Waals surface area contributed by atoms with Gasteiger partial charge in [-0.05, 0) is 33.1 Å². The van der Waals surface area contributed by atoms with Gasteiger partial charge in [0.25, 0.3) is 0 Å². The Bertz CT molecular complexity index is 326. The molecule has 0 aromatic heterocycles. The molecule has 0 aliphatic heterocycles. The van der Waals surface area contributed by atoms with Crippen LogP contribution in [0.5, 0.6) is 0 Å². The Morgan fingerprint density at radius 2 is 1.89 bits per heavy atom. The summed E-state index contributed by atoms with van der Waals surface area (Å²) in [5.74, 6) is -1.05. The predicted octanol–water partition coefficient (Wildman–Crippen LogP) is 0.748. The summed E-state index contributed by atoms with van der Waals surface area (Å²) in [6.45, 7) is 3.13. The molecule has 0 aromatic rings. The maximum atomic E-state index is 12.3. The van der Waals surface area contributed by atoms with Crippen molar-refractivity contribution in [3.63, 3.8) is 0 Å². The van der Waals surface area contributed by atoms with Crippen LogP contribution in [-0.2, 0) is 4.79 Å². The molecule has 1 saturated carbocycles. The summed E-state index contributed by atoms with van der Waals surface area (Å²) in [6.07, 6.45) is 2.92. The highest BCUT2D eigenvalue weighted by Crippen LogP contribution is 2.26. The molecule has 104 valence electrons. The summed E-state index contributed by atoms with van der Waals surface area (Å²) >= 11 is 0. The third-order valence-electron chi connectivity index (χ3n) is 3.75. The average molecular weight is 258 g/mol. The molecule has 1 fully saturated rings. The summed E-state index contributed by atoms with van der Waals surface area (Å²) in [4.78, 5) is 26.2. The van der Waals surface area contributed by atoms with Crippen LogP contribution in [0.25, 0.3) is 0 Å². The normalized spacial score (nSPS) is 16.0. The van der Waals surface area contributed by atoms with Gasteiger partial charge in [-0.2, -0.15) is 0 Å². The molecule has 2 N–H and O–H groups in total. The lowest BCUT2D eigenvalue weighted by atomic mass is 9.91. The summed E-state index contributed by atoms with van der Waals surface area (Å²) in [5, 5.41) is 18.1. The van der Waals surface area contributed by atoms with Crippen molar-refractivity contribution in [1.29, 1.82) is 0 Å². The number of nitrogens with zero attached hydrogens (tertiary/aromatic N) is 2. The van der Waals surface area contributed by atoms with Gasteiger partial charge in [-0.25, -0.2) is 9.59 Å². The zero-order chi connectivity index (χ0) is 13.9. The molecule has 0 aromatic carbocycles. The molecule has 0 unspecified atom stereocenters. The first-order valence-corrected chi connectivity index (χ1v) is 6.21. The van der Waals surface area contributed by atoms with Gasteiger partial charge in [-0.1, -0.05) is 0 Å². The summed E-state index contributed by atoms with van der Waals surface area (Å²) in [5.41, 5.74) is -1.26. The Labute approximate surface area is 107 Å². The van der Waals surface area contributed by atoms with E-state index in [1.807, 2.05) is 0 Å². The van der Waals surface area contributed by atoms with Crippen LogP contribution in [0.15, 0.2) is 0 Å². The molecular formula is C12H22N2O4. The van der Waals surface area contributed by atoms with E-state index in [1.54, 1.807) is 4.90 Å². The molecule has 6 nitrogen and oxygen atoms in total. The van der Waals surface area contributed by atoms with Gasteiger partial charge in [0.15, 0.2) is 0 Å². The fourth-order valence-corrected chi connectivity index (χ4v) is 1.82. The molecule has 2 amide bonds. The SMILES string of the molecule is CN(C(=O)N(CCO)C1CCC1)C(C)(C)C(=O)O. The highest BCUT2D eigenvalue weighted by Gasteiger charge is 2.39. The number of aliphatic hydroxyl groups excluding tert-OH is 1. The number of aliphatic carboxylic acids is 1. The van der Waals surface area contributed by atoms with Crippen LogP contribution in [0, 0.1) is 0 Å². The molecule has 0 atom stereocenters. The number of likely N-dealkylation sites (N-methyl/N-ethyl adjacent to an activating group) is 1. The molecule has 1 aliphatic rings. The van der Waals surface area contributed by atoms with Crippen molar-refractivity contribution >= 4 is 12.0 Å². The van der Waals surface area contributed by atoms with Crippen molar-refractivity contribution in [2.75, 3.05) is 20.2 Å². The molecule has 0 bridgehead atoms. The van der Waals surface area contributed by atoms with E-state index in [0.29, 0.717) is 0 Å². The number of hydrogen-bond acceptors (Lipinski definition) is 3. The first kappa shape index (κ1) is 14.8.